The quantitative estimate of drug-likeness (QED) is 0.769. The summed E-state index contributed by atoms with van der Waals surface area (Å²) in [5.74, 6) is -0.495. The molecule has 2 N–H and O–H groups in total. The smallest absolute Gasteiger partial charge is 0.230 e. The van der Waals surface area contributed by atoms with Crippen LogP contribution in [0.4, 0.5) is 14.7 Å². The molecule has 0 fully saturated rings. The minimum Gasteiger partial charge on any atom is -0.367 e. The number of nitrogen functional groups attached to an aromatic ring is 1. The van der Waals surface area contributed by atoms with E-state index < -0.39 is 0 Å². The Bertz CT molecular complexity index is 795. The highest BCUT2D eigenvalue weighted by molar-refractivity contribution is 5.86. The topological polar surface area (TPSA) is 52.0 Å². The fourth-order valence-corrected chi connectivity index (χ4v) is 2.19. The summed E-state index contributed by atoms with van der Waals surface area (Å²) in [6.45, 7) is 1.67. The molecule has 3 nitrogen and oxygen atoms in total. The van der Waals surface area contributed by atoms with E-state index in [-0.39, 0.29) is 17.5 Å². The molecule has 3 rings (SSSR count). The zero-order valence-corrected chi connectivity index (χ0v) is 11.2. The van der Waals surface area contributed by atoms with Gasteiger partial charge in [-0.1, -0.05) is 17.3 Å². The summed E-state index contributed by atoms with van der Waals surface area (Å²) < 4.78 is 31.5. The van der Waals surface area contributed by atoms with Crippen LogP contribution in [0, 0.1) is 18.6 Å². The van der Waals surface area contributed by atoms with E-state index in [0.29, 0.717) is 27.9 Å². The van der Waals surface area contributed by atoms with Gasteiger partial charge in [-0.25, -0.2) is 8.78 Å². The van der Waals surface area contributed by atoms with Crippen LogP contribution in [0.1, 0.15) is 5.56 Å². The summed E-state index contributed by atoms with van der Waals surface area (Å²) >= 11 is 0. The number of anilines is 1. The summed E-state index contributed by atoms with van der Waals surface area (Å²) in [6.07, 6.45) is 0. The van der Waals surface area contributed by atoms with Crippen LogP contribution in [-0.4, -0.2) is 5.16 Å². The zero-order valence-electron chi connectivity index (χ0n) is 11.2. The molecule has 1 heterocycles. The molecule has 0 aliphatic rings. The Kier molecular flexibility index (Phi) is 3.17. The fraction of sp³-hybridized carbons (Fsp3) is 0.0625. The van der Waals surface area contributed by atoms with Gasteiger partial charge in [0.2, 0.25) is 5.88 Å². The first-order valence-corrected chi connectivity index (χ1v) is 6.34. The van der Waals surface area contributed by atoms with E-state index in [2.05, 4.69) is 5.16 Å². The summed E-state index contributed by atoms with van der Waals surface area (Å²) in [7, 11) is 0. The normalized spacial score (nSPS) is 10.8. The van der Waals surface area contributed by atoms with Gasteiger partial charge in [0.05, 0.1) is 5.56 Å². The number of aromatic nitrogens is 1. The lowest BCUT2D eigenvalue weighted by Gasteiger charge is -2.04. The molecule has 0 bridgehead atoms. The van der Waals surface area contributed by atoms with Crippen molar-refractivity contribution in [3.8, 4) is 22.4 Å². The van der Waals surface area contributed by atoms with Crippen LogP contribution in [0.2, 0.25) is 0 Å². The second-order valence-electron chi connectivity index (χ2n) is 4.74. The van der Waals surface area contributed by atoms with Gasteiger partial charge in [-0.2, -0.15) is 0 Å². The maximum atomic E-state index is 13.4. The van der Waals surface area contributed by atoms with Crippen molar-refractivity contribution >= 4 is 5.88 Å². The number of hydrogen-bond donors (Lipinski definition) is 1. The van der Waals surface area contributed by atoms with Crippen LogP contribution >= 0.6 is 0 Å². The van der Waals surface area contributed by atoms with Crippen molar-refractivity contribution in [2.75, 3.05) is 5.73 Å². The van der Waals surface area contributed by atoms with E-state index in [1.807, 2.05) is 0 Å². The standard InChI is InChI=1S/C16H12F2N2O/c1-9-8-11(4-7-13(9)18)15-14(16(19)21-20-15)10-2-5-12(17)6-3-10/h2-8H,19H2,1H3. The molecular weight excluding hydrogens is 274 g/mol. The number of aryl methyl sites for hydroxylation is 1. The molecule has 0 atom stereocenters. The minimum absolute atomic E-state index is 0.138. The molecule has 0 amide bonds. The van der Waals surface area contributed by atoms with Crippen LogP contribution in [0.25, 0.3) is 22.4 Å². The van der Waals surface area contributed by atoms with E-state index >= 15 is 0 Å². The molecule has 3 aromatic rings. The zero-order chi connectivity index (χ0) is 15.0. The number of nitrogens with two attached hydrogens (primary N) is 1. The van der Waals surface area contributed by atoms with Gasteiger partial charge in [0.25, 0.3) is 0 Å². The Morgan fingerprint density at radius 2 is 1.67 bits per heavy atom. The molecule has 0 unspecified atom stereocenters. The number of benzene rings is 2. The molecule has 0 saturated heterocycles. The molecule has 0 radical (unpaired) electrons. The first-order valence-electron chi connectivity index (χ1n) is 6.34. The van der Waals surface area contributed by atoms with Gasteiger partial charge < -0.3 is 10.3 Å². The third-order valence-electron chi connectivity index (χ3n) is 3.28. The van der Waals surface area contributed by atoms with E-state index in [1.54, 1.807) is 31.2 Å². The van der Waals surface area contributed by atoms with Crippen LogP contribution in [-0.2, 0) is 0 Å². The summed E-state index contributed by atoms with van der Waals surface area (Å²) in [6, 6.07) is 10.5. The maximum Gasteiger partial charge on any atom is 0.230 e. The van der Waals surface area contributed by atoms with Crippen LogP contribution in [0.3, 0.4) is 0 Å². The monoisotopic (exact) mass is 286 g/mol. The Morgan fingerprint density at radius 3 is 2.33 bits per heavy atom. The highest BCUT2D eigenvalue weighted by Crippen LogP contribution is 2.36. The average Bonchev–Trinajstić information content (AvgIpc) is 2.85. The second-order valence-corrected chi connectivity index (χ2v) is 4.74. The van der Waals surface area contributed by atoms with Crippen molar-refractivity contribution in [2.45, 2.75) is 6.92 Å². The van der Waals surface area contributed by atoms with Gasteiger partial charge >= 0.3 is 0 Å². The summed E-state index contributed by atoms with van der Waals surface area (Å²) in [4.78, 5) is 0. The summed E-state index contributed by atoms with van der Waals surface area (Å²) in [5, 5.41) is 3.94. The van der Waals surface area contributed by atoms with Gasteiger partial charge in [-0.05, 0) is 48.4 Å². The first kappa shape index (κ1) is 13.3. The molecule has 21 heavy (non-hydrogen) atoms. The van der Waals surface area contributed by atoms with Gasteiger partial charge in [0.15, 0.2) is 0 Å². The van der Waals surface area contributed by atoms with E-state index in [0.717, 1.165) is 0 Å². The van der Waals surface area contributed by atoms with Crippen LogP contribution < -0.4 is 5.73 Å². The average molecular weight is 286 g/mol. The Labute approximate surface area is 120 Å². The van der Waals surface area contributed by atoms with E-state index in [1.165, 1.54) is 18.2 Å². The third kappa shape index (κ3) is 2.38. The molecule has 5 heteroatoms. The maximum absolute atomic E-state index is 13.4. The largest absolute Gasteiger partial charge is 0.367 e. The number of rotatable bonds is 2. The second kappa shape index (κ2) is 5.01. The minimum atomic E-state index is -0.340. The van der Waals surface area contributed by atoms with Crippen molar-refractivity contribution in [1.29, 1.82) is 0 Å². The fourth-order valence-electron chi connectivity index (χ4n) is 2.19. The van der Waals surface area contributed by atoms with Crippen molar-refractivity contribution in [3.05, 3.63) is 59.7 Å². The number of nitrogens with zero attached hydrogens (tertiary/aromatic N) is 1. The van der Waals surface area contributed by atoms with Crippen LogP contribution in [0.15, 0.2) is 47.0 Å². The van der Waals surface area contributed by atoms with Gasteiger partial charge in [-0.15, -0.1) is 0 Å². The lowest BCUT2D eigenvalue weighted by molar-refractivity contribution is 0.439. The molecule has 0 aliphatic heterocycles. The molecule has 2 aromatic carbocycles. The van der Waals surface area contributed by atoms with Crippen LogP contribution in [0.5, 0.6) is 0 Å². The third-order valence-corrected chi connectivity index (χ3v) is 3.28. The lowest BCUT2D eigenvalue weighted by atomic mass is 10.00. The molecule has 0 spiro atoms. The SMILES string of the molecule is Cc1cc(-c2noc(N)c2-c2ccc(F)cc2)ccc1F. The van der Waals surface area contributed by atoms with Crippen molar-refractivity contribution < 1.29 is 13.3 Å². The number of hydrogen-bond acceptors (Lipinski definition) is 3. The molecule has 0 saturated carbocycles. The predicted octanol–water partition coefficient (Wildman–Crippen LogP) is 4.18. The Morgan fingerprint density at radius 1 is 1.00 bits per heavy atom. The molecular formula is C16H12F2N2O. The van der Waals surface area contributed by atoms with Crippen molar-refractivity contribution in [3.63, 3.8) is 0 Å². The van der Waals surface area contributed by atoms with Gasteiger partial charge in [0.1, 0.15) is 17.3 Å². The molecule has 1 aromatic heterocycles. The van der Waals surface area contributed by atoms with E-state index in [4.69, 9.17) is 10.3 Å². The Balaban J connectivity index is 2.16. The molecule has 0 aliphatic carbocycles. The highest BCUT2D eigenvalue weighted by Gasteiger charge is 2.18. The first-order chi connectivity index (χ1) is 10.1. The van der Waals surface area contributed by atoms with Gasteiger partial charge in [-0.3, -0.25) is 0 Å². The van der Waals surface area contributed by atoms with Crippen molar-refractivity contribution in [2.24, 2.45) is 0 Å². The van der Waals surface area contributed by atoms with Gasteiger partial charge in [0, 0.05) is 5.56 Å². The molecule has 106 valence electrons. The Hall–Kier alpha value is -2.69. The highest BCUT2D eigenvalue weighted by atomic mass is 19.1. The predicted molar refractivity (Wildman–Crippen MR) is 76.4 cm³/mol. The van der Waals surface area contributed by atoms with Crippen molar-refractivity contribution in [1.82, 2.24) is 5.16 Å². The number of halogens is 2. The lowest BCUT2D eigenvalue weighted by Crippen LogP contribution is -1.89. The summed E-state index contributed by atoms with van der Waals surface area (Å²) in [5.41, 5.74) is 8.77. The van der Waals surface area contributed by atoms with E-state index in [9.17, 15) is 8.78 Å².